The van der Waals surface area contributed by atoms with Crippen molar-refractivity contribution in [2.45, 2.75) is 51.5 Å². The zero-order chi connectivity index (χ0) is 12.1. The monoisotopic (exact) mass is 251 g/mol. The van der Waals surface area contributed by atoms with Crippen molar-refractivity contribution in [1.29, 1.82) is 0 Å². The Kier molecular flexibility index (Phi) is 4.87. The Morgan fingerprint density at radius 1 is 1.35 bits per heavy atom. The van der Waals surface area contributed by atoms with Gasteiger partial charge in [0.15, 0.2) is 0 Å². The van der Waals surface area contributed by atoms with Gasteiger partial charge in [-0.1, -0.05) is 43.5 Å². The molecule has 2 heteroatoms. The second-order valence-corrected chi connectivity index (χ2v) is 5.39. The highest BCUT2D eigenvalue weighted by Gasteiger charge is 2.19. The Bertz CT molecular complexity index is 362. The lowest BCUT2D eigenvalue weighted by Crippen LogP contribution is -2.35. The summed E-state index contributed by atoms with van der Waals surface area (Å²) in [4.78, 5) is 0. The lowest BCUT2D eigenvalue weighted by Gasteiger charge is -2.26. The van der Waals surface area contributed by atoms with Gasteiger partial charge in [0, 0.05) is 11.1 Å². The number of rotatable bonds is 5. The molecule has 0 spiro atoms. The van der Waals surface area contributed by atoms with Gasteiger partial charge in [0.25, 0.3) is 0 Å². The van der Waals surface area contributed by atoms with Gasteiger partial charge in [0.05, 0.1) is 0 Å². The van der Waals surface area contributed by atoms with Crippen LogP contribution in [0.4, 0.5) is 0 Å². The standard InChI is InChI=1S/C15H22ClN/c1-2-3-4-10-17-13-9-8-12-6-5-7-15(16)14(12)11-13/h5-7,13,17H,2-4,8-11H2,1H3. The summed E-state index contributed by atoms with van der Waals surface area (Å²) < 4.78 is 0. The zero-order valence-corrected chi connectivity index (χ0v) is 11.4. The fourth-order valence-electron chi connectivity index (χ4n) is 2.60. The molecule has 94 valence electrons. The number of benzene rings is 1. The summed E-state index contributed by atoms with van der Waals surface area (Å²) in [6.07, 6.45) is 7.43. The van der Waals surface area contributed by atoms with Crippen LogP contribution in [-0.2, 0) is 12.8 Å². The Morgan fingerprint density at radius 2 is 2.24 bits per heavy atom. The highest BCUT2D eigenvalue weighted by Crippen LogP contribution is 2.27. The molecule has 17 heavy (non-hydrogen) atoms. The minimum atomic E-state index is 0.624. The van der Waals surface area contributed by atoms with E-state index in [9.17, 15) is 0 Å². The molecule has 0 amide bonds. The van der Waals surface area contributed by atoms with Crippen LogP contribution in [0.15, 0.2) is 18.2 Å². The molecule has 0 saturated heterocycles. The van der Waals surface area contributed by atoms with E-state index in [0.717, 1.165) is 18.0 Å². The number of nitrogens with one attached hydrogen (secondary N) is 1. The summed E-state index contributed by atoms with van der Waals surface area (Å²) in [5.74, 6) is 0. The smallest absolute Gasteiger partial charge is 0.0441 e. The Morgan fingerprint density at radius 3 is 3.06 bits per heavy atom. The maximum Gasteiger partial charge on any atom is 0.0441 e. The highest BCUT2D eigenvalue weighted by atomic mass is 35.5. The molecule has 2 rings (SSSR count). The fraction of sp³-hybridized carbons (Fsp3) is 0.600. The first-order chi connectivity index (χ1) is 8.31. The molecule has 1 aliphatic carbocycles. The average molecular weight is 252 g/mol. The van der Waals surface area contributed by atoms with E-state index in [1.807, 2.05) is 6.07 Å². The van der Waals surface area contributed by atoms with Gasteiger partial charge in [-0.05, 0) is 49.4 Å². The van der Waals surface area contributed by atoms with Crippen molar-refractivity contribution in [3.63, 3.8) is 0 Å². The molecule has 1 aromatic carbocycles. The van der Waals surface area contributed by atoms with Crippen LogP contribution >= 0.6 is 11.6 Å². The number of fused-ring (bicyclic) bond motifs is 1. The number of halogens is 1. The normalized spacial score (nSPS) is 19.1. The number of unbranched alkanes of at least 4 members (excludes halogenated alkanes) is 2. The number of aryl methyl sites for hydroxylation is 1. The largest absolute Gasteiger partial charge is 0.314 e. The maximum atomic E-state index is 6.26. The predicted octanol–water partition coefficient (Wildman–Crippen LogP) is 3.98. The van der Waals surface area contributed by atoms with Gasteiger partial charge in [-0.2, -0.15) is 0 Å². The first-order valence-corrected chi connectivity index (χ1v) is 7.18. The molecule has 1 aliphatic rings. The molecule has 1 nitrogen and oxygen atoms in total. The average Bonchev–Trinajstić information content (AvgIpc) is 2.36. The Labute approximate surface area is 110 Å². The highest BCUT2D eigenvalue weighted by molar-refractivity contribution is 6.31. The van der Waals surface area contributed by atoms with Crippen molar-refractivity contribution >= 4 is 11.6 Å². The lowest BCUT2D eigenvalue weighted by molar-refractivity contribution is 0.450. The van der Waals surface area contributed by atoms with Crippen molar-refractivity contribution in [1.82, 2.24) is 5.32 Å². The van der Waals surface area contributed by atoms with Crippen LogP contribution in [0, 0.1) is 0 Å². The summed E-state index contributed by atoms with van der Waals surface area (Å²) >= 11 is 6.26. The van der Waals surface area contributed by atoms with E-state index < -0.39 is 0 Å². The van der Waals surface area contributed by atoms with Gasteiger partial charge in [-0.3, -0.25) is 0 Å². The second-order valence-electron chi connectivity index (χ2n) is 4.98. The van der Waals surface area contributed by atoms with Gasteiger partial charge in [0.1, 0.15) is 0 Å². The van der Waals surface area contributed by atoms with Crippen LogP contribution in [0.2, 0.25) is 5.02 Å². The van der Waals surface area contributed by atoms with E-state index in [1.54, 1.807) is 0 Å². The minimum absolute atomic E-state index is 0.624. The fourth-order valence-corrected chi connectivity index (χ4v) is 2.87. The lowest BCUT2D eigenvalue weighted by atomic mass is 9.88. The quantitative estimate of drug-likeness (QED) is 0.781. The zero-order valence-electron chi connectivity index (χ0n) is 10.6. The van der Waals surface area contributed by atoms with Gasteiger partial charge in [-0.15, -0.1) is 0 Å². The van der Waals surface area contributed by atoms with E-state index in [2.05, 4.69) is 24.4 Å². The summed E-state index contributed by atoms with van der Waals surface area (Å²) in [7, 11) is 0. The molecule has 1 N–H and O–H groups in total. The van der Waals surface area contributed by atoms with Gasteiger partial charge >= 0.3 is 0 Å². The molecule has 1 aromatic rings. The Balaban J connectivity index is 1.87. The van der Waals surface area contributed by atoms with E-state index in [-0.39, 0.29) is 0 Å². The summed E-state index contributed by atoms with van der Waals surface area (Å²) in [5.41, 5.74) is 2.82. The van der Waals surface area contributed by atoms with E-state index in [1.165, 1.54) is 43.2 Å². The minimum Gasteiger partial charge on any atom is -0.314 e. The third kappa shape index (κ3) is 3.46. The molecule has 0 saturated carbocycles. The van der Waals surface area contributed by atoms with Gasteiger partial charge in [0.2, 0.25) is 0 Å². The van der Waals surface area contributed by atoms with Crippen LogP contribution < -0.4 is 5.32 Å². The predicted molar refractivity (Wildman–Crippen MR) is 74.8 cm³/mol. The maximum absolute atomic E-state index is 6.26. The molecule has 1 unspecified atom stereocenters. The van der Waals surface area contributed by atoms with Crippen molar-refractivity contribution in [3.8, 4) is 0 Å². The first kappa shape index (κ1) is 12.9. The second kappa shape index (κ2) is 6.42. The SMILES string of the molecule is CCCCCNC1CCc2cccc(Cl)c2C1. The van der Waals surface area contributed by atoms with Crippen molar-refractivity contribution in [3.05, 3.63) is 34.3 Å². The van der Waals surface area contributed by atoms with Crippen LogP contribution in [-0.4, -0.2) is 12.6 Å². The van der Waals surface area contributed by atoms with Crippen LogP contribution in [0.3, 0.4) is 0 Å². The van der Waals surface area contributed by atoms with E-state index >= 15 is 0 Å². The Hall–Kier alpha value is -0.530. The summed E-state index contributed by atoms with van der Waals surface area (Å²) in [6, 6.07) is 6.92. The molecule has 1 atom stereocenters. The van der Waals surface area contributed by atoms with Crippen molar-refractivity contribution < 1.29 is 0 Å². The van der Waals surface area contributed by atoms with Gasteiger partial charge < -0.3 is 5.32 Å². The number of hydrogen-bond acceptors (Lipinski definition) is 1. The number of hydrogen-bond donors (Lipinski definition) is 1. The van der Waals surface area contributed by atoms with E-state index in [0.29, 0.717) is 6.04 Å². The van der Waals surface area contributed by atoms with Crippen LogP contribution in [0.25, 0.3) is 0 Å². The molecule has 0 heterocycles. The molecular weight excluding hydrogens is 230 g/mol. The molecule has 0 fully saturated rings. The molecule has 0 radical (unpaired) electrons. The van der Waals surface area contributed by atoms with Crippen LogP contribution in [0.5, 0.6) is 0 Å². The van der Waals surface area contributed by atoms with Crippen molar-refractivity contribution in [2.75, 3.05) is 6.54 Å². The molecule has 0 aromatic heterocycles. The van der Waals surface area contributed by atoms with Crippen LogP contribution in [0.1, 0.15) is 43.7 Å². The van der Waals surface area contributed by atoms with Gasteiger partial charge in [-0.25, -0.2) is 0 Å². The summed E-state index contributed by atoms with van der Waals surface area (Å²) in [6.45, 7) is 3.40. The molecule has 0 aliphatic heterocycles. The third-order valence-corrected chi connectivity index (χ3v) is 4.00. The summed E-state index contributed by atoms with van der Waals surface area (Å²) in [5, 5.41) is 4.61. The first-order valence-electron chi connectivity index (χ1n) is 6.81. The third-order valence-electron chi connectivity index (χ3n) is 3.64. The molecule has 0 bridgehead atoms. The van der Waals surface area contributed by atoms with E-state index in [4.69, 9.17) is 11.6 Å². The van der Waals surface area contributed by atoms with Crippen molar-refractivity contribution in [2.24, 2.45) is 0 Å². The molecular formula is C15H22ClN. The topological polar surface area (TPSA) is 12.0 Å².